The number of hydrogen-bond donors (Lipinski definition) is 0. The number of ether oxygens (including phenoxy) is 1. The maximum absolute atomic E-state index is 12.3. The first-order valence-electron chi connectivity index (χ1n) is 6.89. The van der Waals surface area contributed by atoms with E-state index in [1.807, 2.05) is 0 Å². The van der Waals surface area contributed by atoms with E-state index in [0.29, 0.717) is 37.5 Å². The zero-order chi connectivity index (χ0) is 15.5. The molecule has 1 heterocycles. The summed E-state index contributed by atoms with van der Waals surface area (Å²) in [5.41, 5.74) is 0.586. The fourth-order valence-corrected chi connectivity index (χ4v) is 3.35. The second-order valence-corrected chi connectivity index (χ2v) is 7.08. The summed E-state index contributed by atoms with van der Waals surface area (Å²) < 4.78 is 30.1. The van der Waals surface area contributed by atoms with Crippen molar-refractivity contribution in [1.82, 2.24) is 9.21 Å². The van der Waals surface area contributed by atoms with Crippen molar-refractivity contribution >= 4 is 15.9 Å². The second-order valence-electron chi connectivity index (χ2n) is 4.82. The quantitative estimate of drug-likeness (QED) is 0.825. The summed E-state index contributed by atoms with van der Waals surface area (Å²) in [5, 5.41) is 0. The van der Waals surface area contributed by atoms with Crippen LogP contribution in [0.3, 0.4) is 0 Å². The van der Waals surface area contributed by atoms with E-state index in [0.717, 1.165) is 0 Å². The van der Waals surface area contributed by atoms with Crippen molar-refractivity contribution in [2.75, 3.05) is 39.0 Å². The van der Waals surface area contributed by atoms with Crippen LogP contribution in [0.4, 0.5) is 0 Å². The van der Waals surface area contributed by atoms with Crippen molar-refractivity contribution in [2.45, 2.75) is 6.92 Å². The molecule has 0 bridgehead atoms. The zero-order valence-electron chi connectivity index (χ0n) is 12.3. The molecule has 6 nitrogen and oxygen atoms in total. The largest absolute Gasteiger partial charge is 0.497 e. The number of nitrogens with zero attached hydrogens (tertiary/aromatic N) is 2. The third kappa shape index (κ3) is 3.54. The summed E-state index contributed by atoms with van der Waals surface area (Å²) in [6.45, 7) is 3.19. The number of hydrogen-bond acceptors (Lipinski definition) is 4. The maximum atomic E-state index is 12.3. The molecule has 0 N–H and O–H groups in total. The Bertz CT molecular complexity index is 590. The monoisotopic (exact) mass is 312 g/mol. The normalized spacial score (nSPS) is 16.8. The summed E-state index contributed by atoms with van der Waals surface area (Å²) >= 11 is 0. The average molecular weight is 312 g/mol. The van der Waals surface area contributed by atoms with E-state index in [-0.39, 0.29) is 11.7 Å². The molecular formula is C14H20N2O4S. The topological polar surface area (TPSA) is 66.9 Å². The molecule has 2 rings (SSSR count). The third-order valence-corrected chi connectivity index (χ3v) is 5.50. The summed E-state index contributed by atoms with van der Waals surface area (Å²) in [7, 11) is -1.59. The van der Waals surface area contributed by atoms with E-state index in [9.17, 15) is 13.2 Å². The highest BCUT2D eigenvalue weighted by molar-refractivity contribution is 7.89. The van der Waals surface area contributed by atoms with E-state index < -0.39 is 10.0 Å². The molecule has 0 radical (unpaired) electrons. The van der Waals surface area contributed by atoms with Gasteiger partial charge in [0.1, 0.15) is 5.75 Å². The van der Waals surface area contributed by atoms with Crippen LogP contribution in [0.15, 0.2) is 24.3 Å². The SMILES string of the molecule is CCS(=O)(=O)N1CCN(C(=O)c2ccc(OC)cc2)CC1. The Labute approximate surface area is 125 Å². The Morgan fingerprint density at radius 2 is 1.71 bits per heavy atom. The van der Waals surface area contributed by atoms with Gasteiger partial charge in [0.25, 0.3) is 5.91 Å². The minimum absolute atomic E-state index is 0.0776. The molecule has 1 aliphatic heterocycles. The molecule has 0 spiro atoms. The van der Waals surface area contributed by atoms with Crippen molar-refractivity contribution in [2.24, 2.45) is 0 Å². The molecule has 0 unspecified atom stereocenters. The minimum Gasteiger partial charge on any atom is -0.497 e. The first kappa shape index (κ1) is 15.8. The van der Waals surface area contributed by atoms with Crippen LogP contribution in [0.5, 0.6) is 5.75 Å². The van der Waals surface area contributed by atoms with Crippen molar-refractivity contribution < 1.29 is 17.9 Å². The van der Waals surface area contributed by atoms with Crippen LogP contribution in [-0.2, 0) is 10.0 Å². The smallest absolute Gasteiger partial charge is 0.253 e. The number of carbonyl (C=O) groups excluding carboxylic acids is 1. The van der Waals surface area contributed by atoms with E-state index in [2.05, 4.69) is 0 Å². The number of methoxy groups -OCH3 is 1. The summed E-state index contributed by atoms with van der Waals surface area (Å²) in [5.74, 6) is 0.719. The Morgan fingerprint density at radius 3 is 2.19 bits per heavy atom. The molecule has 0 saturated carbocycles. The molecule has 1 saturated heterocycles. The lowest BCUT2D eigenvalue weighted by Gasteiger charge is -2.33. The number of benzene rings is 1. The van der Waals surface area contributed by atoms with E-state index in [1.54, 1.807) is 43.2 Å². The fraction of sp³-hybridized carbons (Fsp3) is 0.500. The Hall–Kier alpha value is -1.60. The molecule has 0 atom stereocenters. The van der Waals surface area contributed by atoms with Gasteiger partial charge in [0.2, 0.25) is 10.0 Å². The van der Waals surface area contributed by atoms with Crippen LogP contribution in [0.25, 0.3) is 0 Å². The van der Waals surface area contributed by atoms with Gasteiger partial charge in [-0.2, -0.15) is 4.31 Å². The first-order valence-corrected chi connectivity index (χ1v) is 8.50. The Balaban J connectivity index is 1.99. The molecule has 0 aliphatic carbocycles. The van der Waals surface area contributed by atoms with Gasteiger partial charge in [-0.1, -0.05) is 0 Å². The number of rotatable bonds is 4. The standard InChI is InChI=1S/C14H20N2O4S/c1-3-21(18,19)16-10-8-15(9-11-16)14(17)12-4-6-13(20-2)7-5-12/h4-7H,3,8-11H2,1-2H3. The lowest BCUT2D eigenvalue weighted by Crippen LogP contribution is -2.50. The molecule has 1 aromatic carbocycles. The fourth-order valence-electron chi connectivity index (χ4n) is 2.27. The van der Waals surface area contributed by atoms with Crippen LogP contribution in [-0.4, -0.2) is 62.6 Å². The number of sulfonamides is 1. The van der Waals surface area contributed by atoms with Gasteiger partial charge in [-0.3, -0.25) is 4.79 Å². The summed E-state index contributed by atoms with van der Waals surface area (Å²) in [6.07, 6.45) is 0. The van der Waals surface area contributed by atoms with Crippen molar-refractivity contribution in [3.63, 3.8) is 0 Å². The zero-order valence-corrected chi connectivity index (χ0v) is 13.1. The molecular weight excluding hydrogens is 292 g/mol. The summed E-state index contributed by atoms with van der Waals surface area (Å²) in [4.78, 5) is 14.0. The third-order valence-electron chi connectivity index (χ3n) is 3.62. The van der Waals surface area contributed by atoms with E-state index >= 15 is 0 Å². The molecule has 1 aliphatic rings. The van der Waals surface area contributed by atoms with Gasteiger partial charge < -0.3 is 9.64 Å². The number of carbonyl (C=O) groups is 1. The number of amides is 1. The van der Waals surface area contributed by atoms with Crippen molar-refractivity contribution in [3.05, 3.63) is 29.8 Å². The highest BCUT2D eigenvalue weighted by atomic mass is 32.2. The van der Waals surface area contributed by atoms with Gasteiger partial charge in [-0.25, -0.2) is 8.42 Å². The van der Waals surface area contributed by atoms with Crippen molar-refractivity contribution in [1.29, 1.82) is 0 Å². The van der Waals surface area contributed by atoms with Crippen LogP contribution in [0.1, 0.15) is 17.3 Å². The van der Waals surface area contributed by atoms with Gasteiger partial charge in [0.15, 0.2) is 0 Å². The van der Waals surface area contributed by atoms with Gasteiger partial charge in [-0.05, 0) is 31.2 Å². The molecule has 1 aromatic rings. The van der Waals surface area contributed by atoms with Crippen molar-refractivity contribution in [3.8, 4) is 5.75 Å². The predicted molar refractivity (Wildman–Crippen MR) is 79.9 cm³/mol. The molecule has 0 aromatic heterocycles. The Kier molecular flexibility index (Phi) is 4.84. The van der Waals surface area contributed by atoms with Gasteiger partial charge in [0, 0.05) is 31.7 Å². The predicted octanol–water partition coefficient (Wildman–Crippen LogP) is 0.803. The van der Waals surface area contributed by atoms with Crippen LogP contribution in [0.2, 0.25) is 0 Å². The second kappa shape index (κ2) is 6.44. The summed E-state index contributed by atoms with van der Waals surface area (Å²) in [6, 6.07) is 6.92. The van der Waals surface area contributed by atoms with Crippen LogP contribution >= 0.6 is 0 Å². The van der Waals surface area contributed by atoms with Gasteiger partial charge in [-0.15, -0.1) is 0 Å². The van der Waals surface area contributed by atoms with E-state index in [4.69, 9.17) is 4.74 Å². The lowest BCUT2D eigenvalue weighted by atomic mass is 10.2. The maximum Gasteiger partial charge on any atom is 0.253 e. The molecule has 116 valence electrons. The lowest BCUT2D eigenvalue weighted by molar-refractivity contribution is 0.0698. The number of piperazine rings is 1. The molecule has 1 amide bonds. The van der Waals surface area contributed by atoms with Gasteiger partial charge >= 0.3 is 0 Å². The van der Waals surface area contributed by atoms with Crippen LogP contribution < -0.4 is 4.74 Å². The molecule has 21 heavy (non-hydrogen) atoms. The first-order chi connectivity index (χ1) is 9.97. The van der Waals surface area contributed by atoms with Crippen LogP contribution in [0, 0.1) is 0 Å². The molecule has 1 fully saturated rings. The highest BCUT2D eigenvalue weighted by Crippen LogP contribution is 2.15. The van der Waals surface area contributed by atoms with Gasteiger partial charge in [0.05, 0.1) is 12.9 Å². The Morgan fingerprint density at radius 1 is 1.14 bits per heavy atom. The van der Waals surface area contributed by atoms with E-state index in [1.165, 1.54) is 4.31 Å². The molecule has 7 heteroatoms. The minimum atomic E-state index is -3.17. The average Bonchev–Trinajstić information content (AvgIpc) is 2.54. The highest BCUT2D eigenvalue weighted by Gasteiger charge is 2.27.